The number of hydrogen-bond donors (Lipinski definition) is 1. The molecule has 1 saturated heterocycles. The molecule has 144 valence electrons. The molecule has 1 N–H and O–H groups in total. The van der Waals surface area contributed by atoms with Gasteiger partial charge in [-0.05, 0) is 25.5 Å². The first-order chi connectivity index (χ1) is 12.2. The summed E-state index contributed by atoms with van der Waals surface area (Å²) in [7, 11) is -0.303. The van der Waals surface area contributed by atoms with E-state index in [1.165, 1.54) is 33.3 Å². The normalized spacial score (nSPS) is 19.5. The van der Waals surface area contributed by atoms with E-state index < -0.39 is 33.9 Å². The van der Waals surface area contributed by atoms with Gasteiger partial charge >= 0.3 is 5.97 Å². The highest BCUT2D eigenvalue weighted by Gasteiger charge is 2.31. The first kappa shape index (κ1) is 20.3. The number of esters is 1. The predicted octanol–water partition coefficient (Wildman–Crippen LogP) is 1.21. The smallest absolute Gasteiger partial charge is 0.339 e. The largest absolute Gasteiger partial charge is 0.493 e. The van der Waals surface area contributed by atoms with Crippen molar-refractivity contribution in [1.29, 1.82) is 0 Å². The first-order valence-corrected chi connectivity index (χ1v) is 10.00. The Morgan fingerprint density at radius 3 is 2.50 bits per heavy atom. The van der Waals surface area contributed by atoms with Crippen LogP contribution in [0, 0.1) is 0 Å². The molecule has 10 heteroatoms. The molecule has 26 heavy (non-hydrogen) atoms. The molecule has 2 rings (SSSR count). The molecule has 1 aromatic rings. The molecule has 1 aliphatic heterocycles. The molecule has 0 aromatic heterocycles. The second-order valence-corrected chi connectivity index (χ2v) is 8.49. The summed E-state index contributed by atoms with van der Waals surface area (Å²) in [5.74, 6) is -0.873. The van der Waals surface area contributed by atoms with E-state index in [0.29, 0.717) is 6.42 Å². The Kier molecular flexibility index (Phi) is 6.35. The Morgan fingerprint density at radius 1 is 1.27 bits per heavy atom. The summed E-state index contributed by atoms with van der Waals surface area (Å²) in [6.45, 7) is 1.40. The number of halogens is 1. The summed E-state index contributed by atoms with van der Waals surface area (Å²) in [4.78, 5) is 24.4. The summed E-state index contributed by atoms with van der Waals surface area (Å²) >= 11 is 6.05. The van der Waals surface area contributed by atoms with Crippen molar-refractivity contribution in [2.75, 3.05) is 25.7 Å². The average molecular weight is 406 g/mol. The number of ether oxygens (including phenoxy) is 3. The molecule has 2 atom stereocenters. The van der Waals surface area contributed by atoms with Crippen molar-refractivity contribution < 1.29 is 32.2 Å². The molecule has 0 radical (unpaired) electrons. The fourth-order valence-corrected chi connectivity index (χ4v) is 4.51. The number of amides is 1. The van der Waals surface area contributed by atoms with Crippen molar-refractivity contribution in [2.24, 2.45) is 0 Å². The minimum atomic E-state index is -3.11. The number of benzene rings is 1. The molecular formula is C16H20ClNO7S. The lowest BCUT2D eigenvalue weighted by Crippen LogP contribution is -2.42. The van der Waals surface area contributed by atoms with Crippen LogP contribution in [0.5, 0.6) is 11.5 Å². The topological polar surface area (TPSA) is 108 Å². The summed E-state index contributed by atoms with van der Waals surface area (Å²) in [5.41, 5.74) is 0.0933. The zero-order valence-corrected chi connectivity index (χ0v) is 16.1. The molecule has 0 bridgehead atoms. The lowest BCUT2D eigenvalue weighted by atomic mass is 10.2. The van der Waals surface area contributed by atoms with Gasteiger partial charge in [0.25, 0.3) is 5.91 Å². The average Bonchev–Trinajstić information content (AvgIpc) is 2.92. The van der Waals surface area contributed by atoms with Crippen LogP contribution in [0.15, 0.2) is 12.1 Å². The van der Waals surface area contributed by atoms with Crippen LogP contribution < -0.4 is 14.8 Å². The number of methoxy groups -OCH3 is 2. The van der Waals surface area contributed by atoms with Crippen molar-refractivity contribution in [3.8, 4) is 11.5 Å². The van der Waals surface area contributed by atoms with Crippen molar-refractivity contribution >= 4 is 33.3 Å². The monoisotopic (exact) mass is 405 g/mol. The van der Waals surface area contributed by atoms with Crippen molar-refractivity contribution in [2.45, 2.75) is 25.5 Å². The molecule has 0 aliphatic carbocycles. The van der Waals surface area contributed by atoms with Gasteiger partial charge in [-0.25, -0.2) is 13.2 Å². The van der Waals surface area contributed by atoms with Crippen LogP contribution >= 0.6 is 11.6 Å². The quantitative estimate of drug-likeness (QED) is 0.708. The summed E-state index contributed by atoms with van der Waals surface area (Å²) in [6, 6.07) is 2.27. The molecule has 1 heterocycles. The number of carbonyl (C=O) groups excluding carboxylic acids is 2. The van der Waals surface area contributed by atoms with Gasteiger partial charge < -0.3 is 19.5 Å². The van der Waals surface area contributed by atoms with Gasteiger partial charge in [0, 0.05) is 6.04 Å². The van der Waals surface area contributed by atoms with E-state index in [9.17, 15) is 18.0 Å². The van der Waals surface area contributed by atoms with Crippen LogP contribution in [0.1, 0.15) is 23.7 Å². The summed E-state index contributed by atoms with van der Waals surface area (Å²) < 4.78 is 38.2. The minimum Gasteiger partial charge on any atom is -0.493 e. The second-order valence-electron chi connectivity index (χ2n) is 5.85. The Labute approximate surface area is 156 Å². The maximum atomic E-state index is 12.3. The molecule has 1 fully saturated rings. The van der Waals surface area contributed by atoms with Crippen LogP contribution in [0.2, 0.25) is 5.02 Å². The van der Waals surface area contributed by atoms with E-state index in [4.69, 9.17) is 25.8 Å². The maximum Gasteiger partial charge on any atom is 0.339 e. The van der Waals surface area contributed by atoms with E-state index in [1.807, 2.05) is 0 Å². The lowest BCUT2D eigenvalue weighted by molar-refractivity contribution is -0.129. The number of rotatable bonds is 6. The molecule has 0 unspecified atom stereocenters. The van der Waals surface area contributed by atoms with Gasteiger partial charge in [-0.3, -0.25) is 4.79 Å². The Bertz CT molecular complexity index is 809. The predicted molar refractivity (Wildman–Crippen MR) is 94.6 cm³/mol. The zero-order chi connectivity index (χ0) is 19.5. The second kappa shape index (κ2) is 8.13. The van der Waals surface area contributed by atoms with Crippen LogP contribution in [0.3, 0.4) is 0 Å². The molecule has 1 amide bonds. The third-order valence-electron chi connectivity index (χ3n) is 3.90. The van der Waals surface area contributed by atoms with E-state index >= 15 is 0 Å². The van der Waals surface area contributed by atoms with Gasteiger partial charge in [0.2, 0.25) is 0 Å². The number of nitrogens with one attached hydrogen (secondary N) is 1. The van der Waals surface area contributed by atoms with Gasteiger partial charge in [-0.15, -0.1) is 0 Å². The number of carbonyl (C=O) groups is 2. The molecular weight excluding hydrogens is 386 g/mol. The van der Waals surface area contributed by atoms with Crippen LogP contribution in [0.4, 0.5) is 0 Å². The number of sulfone groups is 1. The van der Waals surface area contributed by atoms with Crippen molar-refractivity contribution in [3.05, 3.63) is 22.7 Å². The third-order valence-corrected chi connectivity index (χ3v) is 5.95. The van der Waals surface area contributed by atoms with Crippen molar-refractivity contribution in [3.63, 3.8) is 0 Å². The van der Waals surface area contributed by atoms with Crippen LogP contribution in [-0.4, -0.2) is 58.2 Å². The Balaban J connectivity index is 2.02. The maximum absolute atomic E-state index is 12.3. The van der Waals surface area contributed by atoms with E-state index in [1.54, 1.807) is 0 Å². The van der Waals surface area contributed by atoms with Gasteiger partial charge in [0.15, 0.2) is 27.4 Å². The third kappa shape index (κ3) is 4.79. The summed E-state index contributed by atoms with van der Waals surface area (Å²) in [5, 5.41) is 2.74. The standard InChI is InChI=1S/C16H20ClNO7S/c1-9(15(19)18-11-4-5-26(21,22)8-11)25-16(20)10-6-12(17)14(24-3)13(7-10)23-2/h6-7,9,11H,4-5,8H2,1-3H3,(H,18,19)/t9-,11+/m0/s1. The Morgan fingerprint density at radius 2 is 1.96 bits per heavy atom. The fraction of sp³-hybridized carbons (Fsp3) is 0.500. The molecule has 8 nitrogen and oxygen atoms in total. The highest BCUT2D eigenvalue weighted by Crippen LogP contribution is 2.36. The molecule has 0 saturated carbocycles. The van der Waals surface area contributed by atoms with Gasteiger partial charge in [-0.1, -0.05) is 11.6 Å². The highest BCUT2D eigenvalue weighted by atomic mass is 35.5. The lowest BCUT2D eigenvalue weighted by Gasteiger charge is -2.17. The van der Waals surface area contributed by atoms with Gasteiger partial charge in [0.05, 0.1) is 36.3 Å². The SMILES string of the molecule is COc1cc(C(=O)O[C@@H](C)C(=O)N[C@@H]2CCS(=O)(=O)C2)cc(Cl)c1OC. The van der Waals surface area contributed by atoms with Crippen molar-refractivity contribution in [1.82, 2.24) is 5.32 Å². The zero-order valence-electron chi connectivity index (χ0n) is 14.6. The molecule has 1 aromatic carbocycles. The fourth-order valence-electron chi connectivity index (χ4n) is 2.55. The minimum absolute atomic E-state index is 0.0380. The molecule has 0 spiro atoms. The van der Waals surface area contributed by atoms with Gasteiger partial charge in [-0.2, -0.15) is 0 Å². The van der Waals surface area contributed by atoms with E-state index in [-0.39, 0.29) is 33.6 Å². The van der Waals surface area contributed by atoms with Gasteiger partial charge in [0.1, 0.15) is 0 Å². The van der Waals surface area contributed by atoms with Crippen LogP contribution in [-0.2, 0) is 19.4 Å². The number of hydrogen-bond acceptors (Lipinski definition) is 7. The highest BCUT2D eigenvalue weighted by molar-refractivity contribution is 7.91. The molecule has 1 aliphatic rings. The van der Waals surface area contributed by atoms with Crippen LogP contribution in [0.25, 0.3) is 0 Å². The van der Waals surface area contributed by atoms with E-state index in [0.717, 1.165) is 0 Å². The first-order valence-electron chi connectivity index (χ1n) is 7.80. The van der Waals surface area contributed by atoms with E-state index in [2.05, 4.69) is 5.32 Å². The summed E-state index contributed by atoms with van der Waals surface area (Å²) in [6.07, 6.45) is -0.752. The Hall–Kier alpha value is -2.00.